The number of allylic oxidation sites excluding steroid dienone is 4. The van der Waals surface area contributed by atoms with E-state index in [0.717, 1.165) is 6.04 Å². The number of rotatable bonds is 6. The van der Waals surface area contributed by atoms with Crippen LogP contribution in [0.3, 0.4) is 0 Å². The molecule has 1 saturated carbocycles. The molecule has 0 radical (unpaired) electrons. The zero-order valence-corrected chi connectivity index (χ0v) is 26.5. The summed E-state index contributed by atoms with van der Waals surface area (Å²) in [6, 6.07) is 33.0. The zero-order valence-electron chi connectivity index (χ0n) is 23.6. The van der Waals surface area contributed by atoms with Crippen molar-refractivity contribution < 1.29 is 16.1 Å². The van der Waals surface area contributed by atoms with Gasteiger partial charge in [-0.15, -0.1) is 0 Å². The zero-order chi connectivity index (χ0) is 26.3. The van der Waals surface area contributed by atoms with Gasteiger partial charge in [-0.3, -0.25) is 0 Å². The normalized spacial score (nSPS) is 20.2. The Hall–Kier alpha value is -1.97. The average molecular weight is 544 g/mol. The molecule has 1 fully saturated rings. The van der Waals surface area contributed by atoms with Crippen molar-refractivity contribution in [3.8, 4) is 11.1 Å². The van der Waals surface area contributed by atoms with E-state index in [0.29, 0.717) is 5.92 Å². The van der Waals surface area contributed by atoms with Gasteiger partial charge in [0.15, 0.2) is 0 Å². The molecule has 0 amide bonds. The smallest absolute Gasteiger partial charge is 0.0184 e. The molecule has 2 aliphatic carbocycles. The van der Waals surface area contributed by atoms with E-state index in [-0.39, 0.29) is 7.39 Å². The fraction of sp³-hybridized carbons (Fsp3) is 0.353. The van der Waals surface area contributed by atoms with Gasteiger partial charge in [0.25, 0.3) is 0 Å². The Balaban J connectivity index is 0.000000222. The van der Waals surface area contributed by atoms with Gasteiger partial charge in [0, 0.05) is 0 Å². The van der Waals surface area contributed by atoms with Gasteiger partial charge < -0.3 is 0 Å². The van der Waals surface area contributed by atoms with E-state index in [1.54, 1.807) is 21.9 Å². The van der Waals surface area contributed by atoms with Crippen LogP contribution in [0.2, 0.25) is 5.23 Å². The first-order valence-electron chi connectivity index (χ1n) is 14.2. The second kappa shape index (κ2) is 13.2. The molecule has 194 valence electrons. The number of nitrogens with one attached hydrogen (secondary N) is 1. The fourth-order valence-corrected chi connectivity index (χ4v) is 23.4. The van der Waals surface area contributed by atoms with Crippen molar-refractivity contribution in [1.82, 2.24) is 3.80 Å². The SMILES string of the molecule is CC1=C(C)C(C)[C]([Ti]([CH3])([NH]C2CCCCC2)[SiH2]c2ccccc2)=C1C.c1ccc(-c2ccccc2)cc1. The molecule has 0 heterocycles. The summed E-state index contributed by atoms with van der Waals surface area (Å²) < 4.78 is 6.26. The first-order valence-corrected chi connectivity index (χ1v) is 22.0. The van der Waals surface area contributed by atoms with Gasteiger partial charge in [-0.05, 0) is 11.1 Å². The molecule has 3 aromatic rings. The maximum atomic E-state index is 4.39. The van der Waals surface area contributed by atoms with Gasteiger partial charge >= 0.3 is 160 Å². The maximum absolute atomic E-state index is 4.39. The van der Waals surface area contributed by atoms with Crippen LogP contribution < -0.4 is 8.99 Å². The fourth-order valence-electron chi connectivity index (χ4n) is 6.44. The van der Waals surface area contributed by atoms with Gasteiger partial charge in [-0.1, -0.05) is 60.7 Å². The van der Waals surface area contributed by atoms with Gasteiger partial charge in [-0.2, -0.15) is 0 Å². The topological polar surface area (TPSA) is 12.0 Å². The van der Waals surface area contributed by atoms with Gasteiger partial charge in [0.2, 0.25) is 0 Å². The Morgan fingerprint density at radius 3 is 1.62 bits per heavy atom. The Kier molecular flexibility index (Phi) is 10.0. The van der Waals surface area contributed by atoms with Gasteiger partial charge in [0.1, 0.15) is 0 Å². The summed E-state index contributed by atoms with van der Waals surface area (Å²) in [6.07, 6.45) is 7.09. The minimum Gasteiger partial charge on any atom is -0.0622 e. The minimum absolute atomic E-state index is 0.285. The molecule has 0 aromatic heterocycles. The number of hydrogen-bond donors (Lipinski definition) is 1. The molecule has 1 nitrogen and oxygen atoms in total. The summed E-state index contributed by atoms with van der Waals surface area (Å²) in [5.74, 6) is 0.664. The second-order valence-corrected chi connectivity index (χ2v) is 25.4. The molecular formula is C34H45NSiTi. The molecule has 2 aliphatic rings. The molecular weight excluding hydrogens is 498 g/mol. The first kappa shape index (κ1) is 28.0. The molecule has 0 saturated heterocycles. The van der Waals surface area contributed by atoms with E-state index >= 15 is 0 Å². The third-order valence-electron chi connectivity index (χ3n) is 8.64. The third-order valence-corrected chi connectivity index (χ3v) is 22.6. The standard InChI is InChI=1S/C12H10.C9H13.C6H12N.C6H7Si.CH3.Ti/c1-3-7-11(8-4-1)12-9-5-2-6-10-12;1-6-5-7(2)9(4)8(6)3;2*7-6-4-2-1-3-5-6;;/h1-10H;6H,1-4H3;6-7H,1-5H2;1-5H,7H2;1H3;/q;;-1;;;+1. The van der Waals surface area contributed by atoms with E-state index in [1.165, 1.54) is 43.2 Å². The minimum atomic E-state index is -2.26. The molecule has 3 heteroatoms. The van der Waals surface area contributed by atoms with Crippen LogP contribution >= 0.6 is 0 Å². The van der Waals surface area contributed by atoms with Crippen LogP contribution in [0.25, 0.3) is 11.1 Å². The summed E-state index contributed by atoms with van der Waals surface area (Å²) in [4.78, 5) is 0. The molecule has 1 N–H and O–H groups in total. The van der Waals surface area contributed by atoms with Crippen LogP contribution in [0, 0.1) is 5.92 Å². The molecule has 5 rings (SSSR count). The van der Waals surface area contributed by atoms with Crippen LogP contribution in [0.4, 0.5) is 0 Å². The predicted molar refractivity (Wildman–Crippen MR) is 163 cm³/mol. The summed E-state index contributed by atoms with van der Waals surface area (Å²) >= 11 is -2.26. The van der Waals surface area contributed by atoms with Gasteiger partial charge in [-0.25, -0.2) is 0 Å². The van der Waals surface area contributed by atoms with Crippen molar-refractivity contribution >= 4 is 12.6 Å². The van der Waals surface area contributed by atoms with Crippen LogP contribution in [0.15, 0.2) is 112 Å². The van der Waals surface area contributed by atoms with E-state index in [9.17, 15) is 0 Å². The Morgan fingerprint density at radius 2 is 1.16 bits per heavy atom. The maximum Gasteiger partial charge on any atom is -0.0184 e. The molecule has 2 unspecified atom stereocenters. The van der Waals surface area contributed by atoms with Crippen molar-refractivity contribution in [2.24, 2.45) is 5.92 Å². The number of benzene rings is 3. The van der Waals surface area contributed by atoms with Crippen molar-refractivity contribution in [2.75, 3.05) is 0 Å². The summed E-state index contributed by atoms with van der Waals surface area (Å²) in [7, 11) is -0.285. The molecule has 0 spiro atoms. The summed E-state index contributed by atoms with van der Waals surface area (Å²) in [6.45, 7) is 9.59. The summed E-state index contributed by atoms with van der Waals surface area (Å²) in [5, 5.41) is 4.36. The molecule has 3 aromatic carbocycles. The Morgan fingerprint density at radius 1 is 0.676 bits per heavy atom. The Bertz CT molecular complexity index is 1160. The first-order chi connectivity index (χ1) is 17.9. The van der Waals surface area contributed by atoms with Crippen molar-refractivity contribution in [1.29, 1.82) is 0 Å². The summed E-state index contributed by atoms with van der Waals surface area (Å²) in [5.41, 5.74) is 7.39. The van der Waals surface area contributed by atoms with Crippen molar-refractivity contribution in [2.45, 2.75) is 71.1 Å². The second-order valence-electron chi connectivity index (χ2n) is 11.3. The number of hydrogen-bond acceptors (Lipinski definition) is 1. The molecule has 0 aliphatic heterocycles. The Labute approximate surface area is 231 Å². The monoisotopic (exact) mass is 543 g/mol. The van der Waals surface area contributed by atoms with Crippen LogP contribution in [0.1, 0.15) is 59.8 Å². The van der Waals surface area contributed by atoms with Crippen LogP contribution in [-0.4, -0.2) is 13.4 Å². The van der Waals surface area contributed by atoms with E-state index < -0.39 is 16.1 Å². The van der Waals surface area contributed by atoms with Crippen molar-refractivity contribution in [3.05, 3.63) is 112 Å². The van der Waals surface area contributed by atoms with E-state index in [2.05, 4.69) is 116 Å². The molecule has 37 heavy (non-hydrogen) atoms. The largest absolute Gasteiger partial charge is 0.0622 e. The van der Waals surface area contributed by atoms with Gasteiger partial charge in [0.05, 0.1) is 0 Å². The van der Waals surface area contributed by atoms with Crippen LogP contribution in [0.5, 0.6) is 0 Å². The van der Waals surface area contributed by atoms with E-state index in [4.69, 9.17) is 0 Å². The van der Waals surface area contributed by atoms with Crippen LogP contribution in [-0.2, 0) is 16.1 Å². The quantitative estimate of drug-likeness (QED) is 0.310. The molecule has 2 atom stereocenters. The predicted octanol–water partition coefficient (Wildman–Crippen LogP) is 8.05. The average Bonchev–Trinajstić information content (AvgIpc) is 3.13. The van der Waals surface area contributed by atoms with Crippen molar-refractivity contribution in [3.63, 3.8) is 0 Å². The third kappa shape index (κ3) is 7.12. The molecule has 0 bridgehead atoms. The van der Waals surface area contributed by atoms with E-state index in [1.807, 2.05) is 16.0 Å².